The van der Waals surface area contributed by atoms with Crippen molar-refractivity contribution in [1.29, 1.82) is 0 Å². The van der Waals surface area contributed by atoms with Crippen molar-refractivity contribution in [3.63, 3.8) is 0 Å². The van der Waals surface area contributed by atoms with Crippen molar-refractivity contribution < 1.29 is 14.3 Å². The zero-order valence-corrected chi connectivity index (χ0v) is 20.2. The first-order valence-electron chi connectivity index (χ1n) is 12.8. The summed E-state index contributed by atoms with van der Waals surface area (Å²) in [7, 11) is 0. The van der Waals surface area contributed by atoms with Crippen LogP contribution in [-0.4, -0.2) is 96.7 Å². The van der Waals surface area contributed by atoms with E-state index in [1.807, 2.05) is 11.8 Å². The lowest BCUT2D eigenvalue weighted by molar-refractivity contribution is -0.152. The molecule has 0 aromatic heterocycles. The highest BCUT2D eigenvalue weighted by atomic mass is 16.5. The highest BCUT2D eigenvalue weighted by Crippen LogP contribution is 2.23. The molecule has 3 fully saturated rings. The van der Waals surface area contributed by atoms with Gasteiger partial charge in [0.1, 0.15) is 6.10 Å². The molecule has 0 saturated carbocycles. The molecule has 0 aliphatic carbocycles. The van der Waals surface area contributed by atoms with Gasteiger partial charge in [0.2, 0.25) is 5.91 Å². The average Bonchev–Trinajstić information content (AvgIpc) is 2.86. The van der Waals surface area contributed by atoms with Crippen molar-refractivity contribution in [1.82, 2.24) is 19.8 Å². The summed E-state index contributed by atoms with van der Waals surface area (Å²) in [6.07, 6.45) is 5.62. The molecule has 3 heterocycles. The van der Waals surface area contributed by atoms with Crippen molar-refractivity contribution in [3.8, 4) is 0 Å². The molecule has 3 aliphatic rings. The quantitative estimate of drug-likeness (QED) is 0.588. The number of rotatable bonds is 7. The van der Waals surface area contributed by atoms with Crippen LogP contribution < -0.4 is 0 Å². The van der Waals surface area contributed by atoms with Crippen LogP contribution in [0.15, 0.2) is 30.3 Å². The van der Waals surface area contributed by atoms with Crippen LogP contribution >= 0.6 is 0 Å². The average molecular weight is 457 g/mol. The summed E-state index contributed by atoms with van der Waals surface area (Å²) in [4.78, 5) is 28.5. The normalized spacial score (nSPS) is 22.4. The minimum absolute atomic E-state index is 0.0260. The minimum atomic E-state index is -0.141. The summed E-state index contributed by atoms with van der Waals surface area (Å²) < 4.78 is 5.43. The predicted octanol–water partition coefficient (Wildman–Crippen LogP) is 2.42. The zero-order valence-electron chi connectivity index (χ0n) is 20.2. The van der Waals surface area contributed by atoms with E-state index in [0.29, 0.717) is 26.1 Å². The molecule has 4 rings (SSSR count). The second-order valence-corrected chi connectivity index (χ2v) is 9.74. The van der Waals surface area contributed by atoms with Crippen molar-refractivity contribution in [3.05, 3.63) is 35.9 Å². The Morgan fingerprint density at radius 3 is 2.12 bits per heavy atom. The lowest BCUT2D eigenvalue weighted by Crippen LogP contribution is -2.57. The van der Waals surface area contributed by atoms with Crippen LogP contribution in [0.2, 0.25) is 0 Å². The molecule has 0 unspecified atom stereocenters. The van der Waals surface area contributed by atoms with E-state index in [9.17, 15) is 9.59 Å². The summed E-state index contributed by atoms with van der Waals surface area (Å²) in [5.74, 6) is 0.862. The zero-order chi connectivity index (χ0) is 23.0. The molecular weight excluding hydrogens is 416 g/mol. The second kappa shape index (κ2) is 12.0. The van der Waals surface area contributed by atoms with Gasteiger partial charge < -0.3 is 9.64 Å². The van der Waals surface area contributed by atoms with Crippen LogP contribution in [0.3, 0.4) is 0 Å². The van der Waals surface area contributed by atoms with E-state index < -0.39 is 0 Å². The number of hydrogen-bond donors (Lipinski definition) is 0. The van der Waals surface area contributed by atoms with Gasteiger partial charge in [-0.25, -0.2) is 10.0 Å². The van der Waals surface area contributed by atoms with E-state index >= 15 is 0 Å². The molecule has 0 radical (unpaired) electrons. The Morgan fingerprint density at radius 1 is 0.848 bits per heavy atom. The molecule has 0 N–H and O–H groups in total. The number of esters is 1. The van der Waals surface area contributed by atoms with Crippen LogP contribution in [0.4, 0.5) is 0 Å². The van der Waals surface area contributed by atoms with Gasteiger partial charge in [0.05, 0.1) is 6.54 Å². The van der Waals surface area contributed by atoms with E-state index in [0.717, 1.165) is 58.0 Å². The fourth-order valence-electron chi connectivity index (χ4n) is 5.32. The maximum absolute atomic E-state index is 12.8. The molecule has 3 saturated heterocycles. The number of piperidine rings is 2. The van der Waals surface area contributed by atoms with Gasteiger partial charge in [0, 0.05) is 71.6 Å². The van der Waals surface area contributed by atoms with Gasteiger partial charge in [-0.2, -0.15) is 0 Å². The van der Waals surface area contributed by atoms with Gasteiger partial charge in [-0.05, 0) is 30.7 Å². The van der Waals surface area contributed by atoms with E-state index in [1.165, 1.54) is 24.8 Å². The molecule has 0 atom stereocenters. The molecule has 1 aromatic rings. The highest BCUT2D eigenvalue weighted by Gasteiger charge is 2.29. The fraction of sp³-hybridized carbons (Fsp3) is 0.692. The third-order valence-electron chi connectivity index (χ3n) is 7.45. The summed E-state index contributed by atoms with van der Waals surface area (Å²) in [5, 5.41) is 5.05. The number of amides is 1. The molecule has 182 valence electrons. The number of benzene rings is 1. The first-order valence-corrected chi connectivity index (χ1v) is 12.8. The van der Waals surface area contributed by atoms with Crippen LogP contribution in [-0.2, 0) is 20.7 Å². The van der Waals surface area contributed by atoms with Gasteiger partial charge >= 0.3 is 5.97 Å². The smallest absolute Gasteiger partial charge is 0.305 e. The Bertz CT molecular complexity index is 750. The molecule has 3 aliphatic heterocycles. The Kier molecular flexibility index (Phi) is 8.75. The Balaban J connectivity index is 1.12. The lowest BCUT2D eigenvalue weighted by atomic mass is 9.91. The number of likely N-dealkylation sites (tertiary alicyclic amines) is 1. The van der Waals surface area contributed by atoms with Gasteiger partial charge in [-0.3, -0.25) is 14.5 Å². The Hall–Kier alpha value is -1.96. The topological polar surface area (TPSA) is 56.3 Å². The van der Waals surface area contributed by atoms with Crippen molar-refractivity contribution in [2.45, 2.75) is 51.6 Å². The Morgan fingerprint density at radius 2 is 1.48 bits per heavy atom. The Labute approximate surface area is 198 Å². The summed E-state index contributed by atoms with van der Waals surface area (Å²) >= 11 is 0. The number of hydrogen-bond acceptors (Lipinski definition) is 6. The summed E-state index contributed by atoms with van der Waals surface area (Å²) in [5.41, 5.74) is 1.46. The number of nitrogens with zero attached hydrogens (tertiary/aromatic N) is 4. The highest BCUT2D eigenvalue weighted by molar-refractivity contribution is 5.78. The molecule has 7 heteroatoms. The second-order valence-electron chi connectivity index (χ2n) is 9.74. The first-order chi connectivity index (χ1) is 16.1. The maximum Gasteiger partial charge on any atom is 0.305 e. The largest absolute Gasteiger partial charge is 0.462 e. The van der Waals surface area contributed by atoms with Crippen molar-refractivity contribution in [2.24, 2.45) is 5.92 Å². The number of piperazine rings is 1. The van der Waals surface area contributed by atoms with Gasteiger partial charge in [-0.1, -0.05) is 37.3 Å². The maximum atomic E-state index is 12.8. The van der Waals surface area contributed by atoms with Gasteiger partial charge in [0.15, 0.2) is 0 Å². The van der Waals surface area contributed by atoms with Crippen LogP contribution in [0.1, 0.15) is 44.6 Å². The van der Waals surface area contributed by atoms with E-state index in [-0.39, 0.29) is 18.0 Å². The van der Waals surface area contributed by atoms with Gasteiger partial charge in [0.25, 0.3) is 0 Å². The summed E-state index contributed by atoms with van der Waals surface area (Å²) in [6, 6.07) is 10.9. The molecule has 0 spiro atoms. The molecule has 1 aromatic carbocycles. The van der Waals surface area contributed by atoms with Crippen LogP contribution in [0.5, 0.6) is 0 Å². The SMILES string of the molecule is CCC(=O)OC1CCN(C(=O)CN2CCN(N3CCC(Cc4ccccc4)CC3)CC2)CC1. The number of hydrazine groups is 1. The monoisotopic (exact) mass is 456 g/mol. The number of carbonyl (C=O) groups is 2. The van der Waals surface area contributed by atoms with E-state index in [4.69, 9.17) is 4.74 Å². The fourth-order valence-corrected chi connectivity index (χ4v) is 5.32. The number of carbonyl (C=O) groups excluding carboxylic acids is 2. The first kappa shape index (κ1) is 24.2. The van der Waals surface area contributed by atoms with Crippen molar-refractivity contribution in [2.75, 3.05) is 58.9 Å². The summed E-state index contributed by atoms with van der Waals surface area (Å²) in [6.45, 7) is 9.90. The molecule has 7 nitrogen and oxygen atoms in total. The lowest BCUT2D eigenvalue weighted by Gasteiger charge is -2.44. The van der Waals surface area contributed by atoms with E-state index in [1.54, 1.807) is 0 Å². The van der Waals surface area contributed by atoms with Crippen LogP contribution in [0.25, 0.3) is 0 Å². The molecular formula is C26H40N4O3. The molecule has 0 bridgehead atoms. The van der Waals surface area contributed by atoms with Crippen LogP contribution in [0, 0.1) is 5.92 Å². The number of ether oxygens (including phenoxy) is 1. The van der Waals surface area contributed by atoms with Gasteiger partial charge in [-0.15, -0.1) is 0 Å². The third kappa shape index (κ3) is 7.01. The molecule has 1 amide bonds. The predicted molar refractivity (Wildman–Crippen MR) is 128 cm³/mol. The third-order valence-corrected chi connectivity index (χ3v) is 7.45. The van der Waals surface area contributed by atoms with Crippen molar-refractivity contribution >= 4 is 11.9 Å². The van der Waals surface area contributed by atoms with E-state index in [2.05, 4.69) is 45.2 Å². The molecule has 33 heavy (non-hydrogen) atoms. The standard InChI is InChI=1S/C26H40N4O3/c1-2-26(32)33-24-10-12-28(13-11-24)25(31)21-27-16-18-30(19-17-27)29-14-8-23(9-15-29)20-22-6-4-3-5-7-22/h3-7,23-24H,2,8-21H2,1H3. The minimum Gasteiger partial charge on any atom is -0.462 e.